The highest BCUT2D eigenvalue weighted by atomic mass is 16.7. The zero-order chi connectivity index (χ0) is 12.1. The molecule has 92 valence electrons. The fourth-order valence-corrected chi connectivity index (χ4v) is 2.84. The number of Topliss-reactive ketones (excluding diaryl/α,β-unsaturated/α-hetero) is 1. The molecular formula is C14H13NO3. The van der Waals surface area contributed by atoms with Crippen molar-refractivity contribution in [1.82, 2.24) is 0 Å². The molecule has 0 saturated heterocycles. The van der Waals surface area contributed by atoms with Crippen molar-refractivity contribution in [2.24, 2.45) is 0 Å². The predicted octanol–water partition coefficient (Wildman–Crippen LogP) is 2.39. The number of allylic oxidation sites excluding steroid dienone is 2. The number of benzene rings is 1. The van der Waals surface area contributed by atoms with Crippen LogP contribution in [0.2, 0.25) is 0 Å². The molecule has 0 aromatic heterocycles. The fourth-order valence-electron chi connectivity index (χ4n) is 2.84. The number of carbonyl (C=O) groups is 1. The van der Waals surface area contributed by atoms with Crippen LogP contribution >= 0.6 is 0 Å². The molecule has 0 fully saturated rings. The van der Waals surface area contributed by atoms with Crippen molar-refractivity contribution in [3.05, 3.63) is 29.0 Å². The maximum atomic E-state index is 11.9. The molecule has 0 saturated carbocycles. The molecule has 0 radical (unpaired) electrons. The number of carbonyl (C=O) groups excluding carboxylic acids is 1. The monoisotopic (exact) mass is 243 g/mol. The number of fused-ring (bicyclic) bond motifs is 2. The molecule has 2 heterocycles. The lowest BCUT2D eigenvalue weighted by atomic mass is 9.87. The first-order valence-corrected chi connectivity index (χ1v) is 6.26. The summed E-state index contributed by atoms with van der Waals surface area (Å²) in [6, 6.07) is 3.96. The molecule has 0 atom stereocenters. The molecule has 1 aromatic carbocycles. The Balaban J connectivity index is 1.79. The van der Waals surface area contributed by atoms with Gasteiger partial charge >= 0.3 is 0 Å². The van der Waals surface area contributed by atoms with Gasteiger partial charge in [0.05, 0.1) is 0 Å². The van der Waals surface area contributed by atoms with Crippen LogP contribution in [0.4, 0.5) is 5.69 Å². The van der Waals surface area contributed by atoms with Gasteiger partial charge in [-0.3, -0.25) is 4.79 Å². The summed E-state index contributed by atoms with van der Waals surface area (Å²) < 4.78 is 10.8. The van der Waals surface area contributed by atoms with E-state index in [2.05, 4.69) is 5.32 Å². The minimum absolute atomic E-state index is 0.282. The number of hydrogen-bond donors (Lipinski definition) is 1. The van der Waals surface area contributed by atoms with Gasteiger partial charge < -0.3 is 14.8 Å². The zero-order valence-corrected chi connectivity index (χ0v) is 9.91. The Labute approximate surface area is 105 Å². The van der Waals surface area contributed by atoms with Crippen LogP contribution in [0.3, 0.4) is 0 Å². The predicted molar refractivity (Wildman–Crippen MR) is 65.8 cm³/mol. The van der Waals surface area contributed by atoms with Crippen molar-refractivity contribution in [2.45, 2.75) is 25.7 Å². The first-order chi connectivity index (χ1) is 8.81. The molecule has 0 bridgehead atoms. The molecule has 1 aromatic rings. The summed E-state index contributed by atoms with van der Waals surface area (Å²) in [5, 5.41) is 3.38. The number of nitrogens with one attached hydrogen (secondary N) is 1. The number of ketones is 1. The van der Waals surface area contributed by atoms with Crippen molar-refractivity contribution in [2.75, 3.05) is 12.1 Å². The summed E-state index contributed by atoms with van der Waals surface area (Å²) in [5.41, 5.74) is 4.21. The van der Waals surface area contributed by atoms with E-state index in [0.717, 1.165) is 46.9 Å². The van der Waals surface area contributed by atoms with Crippen molar-refractivity contribution in [3.63, 3.8) is 0 Å². The van der Waals surface area contributed by atoms with Crippen molar-refractivity contribution in [3.8, 4) is 11.5 Å². The maximum absolute atomic E-state index is 11.9. The molecule has 4 nitrogen and oxygen atoms in total. The van der Waals surface area contributed by atoms with E-state index in [9.17, 15) is 4.79 Å². The fraction of sp³-hybridized carbons (Fsp3) is 0.357. The van der Waals surface area contributed by atoms with Crippen LogP contribution in [0.25, 0.3) is 0 Å². The lowest BCUT2D eigenvalue weighted by molar-refractivity contribution is -0.116. The highest BCUT2D eigenvalue weighted by Crippen LogP contribution is 2.41. The van der Waals surface area contributed by atoms with Gasteiger partial charge in [-0.25, -0.2) is 0 Å². The van der Waals surface area contributed by atoms with Gasteiger partial charge in [-0.15, -0.1) is 0 Å². The van der Waals surface area contributed by atoms with E-state index in [-0.39, 0.29) is 12.6 Å². The molecule has 1 aliphatic carbocycles. The summed E-state index contributed by atoms with van der Waals surface area (Å²) in [6.45, 7) is 0.282. The third-order valence-electron chi connectivity index (χ3n) is 3.78. The van der Waals surface area contributed by atoms with Crippen molar-refractivity contribution in [1.29, 1.82) is 0 Å². The van der Waals surface area contributed by atoms with Crippen LogP contribution in [-0.2, 0) is 11.2 Å². The van der Waals surface area contributed by atoms with Gasteiger partial charge in [0.2, 0.25) is 6.79 Å². The second-order valence-corrected chi connectivity index (χ2v) is 4.90. The number of ether oxygens (including phenoxy) is 2. The molecule has 4 rings (SSSR count). The SMILES string of the molecule is O=C1CCCC2=C1Cc1cc3c(cc1N2)OCO3. The van der Waals surface area contributed by atoms with Gasteiger partial charge in [0.1, 0.15) is 0 Å². The minimum atomic E-state index is 0.282. The molecule has 4 heteroatoms. The van der Waals surface area contributed by atoms with Crippen LogP contribution in [0.5, 0.6) is 11.5 Å². The molecule has 3 aliphatic rings. The van der Waals surface area contributed by atoms with Crippen molar-refractivity contribution >= 4 is 11.5 Å². The first kappa shape index (κ1) is 10.00. The highest BCUT2D eigenvalue weighted by molar-refractivity contribution is 5.99. The van der Waals surface area contributed by atoms with Crippen molar-refractivity contribution < 1.29 is 14.3 Å². The second-order valence-electron chi connectivity index (χ2n) is 4.90. The van der Waals surface area contributed by atoms with E-state index < -0.39 is 0 Å². The normalized spacial score (nSPS) is 20.3. The average Bonchev–Trinajstić information content (AvgIpc) is 2.81. The summed E-state index contributed by atoms with van der Waals surface area (Å²) in [7, 11) is 0. The Bertz CT molecular complexity index is 589. The average molecular weight is 243 g/mol. The van der Waals surface area contributed by atoms with E-state index in [1.807, 2.05) is 12.1 Å². The van der Waals surface area contributed by atoms with E-state index in [4.69, 9.17) is 9.47 Å². The van der Waals surface area contributed by atoms with Crippen LogP contribution in [0, 0.1) is 0 Å². The lowest BCUT2D eigenvalue weighted by Crippen LogP contribution is -2.22. The number of anilines is 1. The van der Waals surface area contributed by atoms with E-state index in [0.29, 0.717) is 12.8 Å². The summed E-state index contributed by atoms with van der Waals surface area (Å²) in [5.74, 6) is 1.85. The quantitative estimate of drug-likeness (QED) is 0.760. The second kappa shape index (κ2) is 3.51. The largest absolute Gasteiger partial charge is 0.454 e. The molecule has 2 aliphatic heterocycles. The highest BCUT2D eigenvalue weighted by Gasteiger charge is 2.27. The third-order valence-corrected chi connectivity index (χ3v) is 3.78. The molecule has 0 amide bonds. The summed E-state index contributed by atoms with van der Waals surface area (Å²) in [4.78, 5) is 11.9. The minimum Gasteiger partial charge on any atom is -0.454 e. The van der Waals surface area contributed by atoms with Crippen LogP contribution < -0.4 is 14.8 Å². The van der Waals surface area contributed by atoms with Gasteiger partial charge in [0.25, 0.3) is 0 Å². The molecular weight excluding hydrogens is 230 g/mol. The Morgan fingerprint density at radius 2 is 1.94 bits per heavy atom. The lowest BCUT2D eigenvalue weighted by Gasteiger charge is -2.27. The Kier molecular flexibility index (Phi) is 1.95. The van der Waals surface area contributed by atoms with Gasteiger partial charge in [-0.05, 0) is 24.5 Å². The smallest absolute Gasteiger partial charge is 0.231 e. The van der Waals surface area contributed by atoms with Gasteiger partial charge in [-0.1, -0.05) is 0 Å². The Hall–Kier alpha value is -1.97. The van der Waals surface area contributed by atoms with Gasteiger partial charge in [0.15, 0.2) is 17.3 Å². The van der Waals surface area contributed by atoms with E-state index in [1.54, 1.807) is 0 Å². The summed E-state index contributed by atoms with van der Waals surface area (Å²) >= 11 is 0. The summed E-state index contributed by atoms with van der Waals surface area (Å²) in [6.07, 6.45) is 3.31. The van der Waals surface area contributed by atoms with Crippen LogP contribution in [-0.4, -0.2) is 12.6 Å². The van der Waals surface area contributed by atoms with Gasteiger partial charge in [0, 0.05) is 35.9 Å². The standard InChI is InChI=1S/C14H13NO3/c16-12-3-1-2-10-9(12)4-8-5-13-14(18-7-17-13)6-11(8)15-10/h5-6,15H,1-4,7H2. The molecule has 1 N–H and O–H groups in total. The first-order valence-electron chi connectivity index (χ1n) is 6.26. The van der Waals surface area contributed by atoms with Gasteiger partial charge in [-0.2, -0.15) is 0 Å². The van der Waals surface area contributed by atoms with Crippen LogP contribution in [0.15, 0.2) is 23.4 Å². The Morgan fingerprint density at radius 1 is 1.11 bits per heavy atom. The Morgan fingerprint density at radius 3 is 2.83 bits per heavy atom. The molecule has 0 unspecified atom stereocenters. The third kappa shape index (κ3) is 1.35. The number of hydrogen-bond acceptors (Lipinski definition) is 4. The molecule has 0 spiro atoms. The zero-order valence-electron chi connectivity index (χ0n) is 9.91. The maximum Gasteiger partial charge on any atom is 0.231 e. The number of rotatable bonds is 0. The van der Waals surface area contributed by atoms with E-state index >= 15 is 0 Å². The van der Waals surface area contributed by atoms with Crippen LogP contribution in [0.1, 0.15) is 24.8 Å². The molecule has 18 heavy (non-hydrogen) atoms. The van der Waals surface area contributed by atoms with E-state index in [1.165, 1.54) is 0 Å². The topological polar surface area (TPSA) is 47.6 Å².